The predicted octanol–water partition coefficient (Wildman–Crippen LogP) is 2.81. The van der Waals surface area contributed by atoms with E-state index in [4.69, 9.17) is 0 Å². The van der Waals surface area contributed by atoms with Crippen LogP contribution in [0.25, 0.3) is 0 Å². The fourth-order valence-corrected chi connectivity index (χ4v) is 1.08. The Labute approximate surface area is 71.6 Å². The summed E-state index contributed by atoms with van der Waals surface area (Å²) in [6, 6.07) is 0.678. The van der Waals surface area contributed by atoms with Crippen LogP contribution in [0.1, 0.15) is 47.0 Å². The zero-order valence-corrected chi connectivity index (χ0v) is 8.70. The number of hydrogen-bond acceptors (Lipinski definition) is 1. The third-order valence-electron chi connectivity index (χ3n) is 2.06. The summed E-state index contributed by atoms with van der Waals surface area (Å²) >= 11 is 0. The number of rotatable bonds is 4. The minimum absolute atomic E-state index is 0.507. The molecule has 0 bridgehead atoms. The molecule has 0 aliphatic heterocycles. The van der Waals surface area contributed by atoms with Gasteiger partial charge in [-0.05, 0) is 32.2 Å². The second kappa shape index (κ2) is 4.76. The van der Waals surface area contributed by atoms with Gasteiger partial charge in [-0.25, -0.2) is 0 Å². The van der Waals surface area contributed by atoms with Gasteiger partial charge in [-0.1, -0.05) is 27.2 Å². The molecule has 0 aromatic carbocycles. The molecule has 0 saturated heterocycles. The van der Waals surface area contributed by atoms with Crippen LogP contribution in [-0.2, 0) is 0 Å². The zero-order valence-electron chi connectivity index (χ0n) is 8.70. The summed E-state index contributed by atoms with van der Waals surface area (Å²) in [4.78, 5) is 0. The Kier molecular flexibility index (Phi) is 4.74. The number of hydrogen-bond donors (Lipinski definition) is 1. The summed E-state index contributed by atoms with van der Waals surface area (Å²) in [7, 11) is 2.03. The molecule has 1 heteroatoms. The Morgan fingerprint density at radius 1 is 1.27 bits per heavy atom. The highest BCUT2D eigenvalue weighted by molar-refractivity contribution is 4.64. The fourth-order valence-electron chi connectivity index (χ4n) is 1.08. The lowest BCUT2D eigenvalue weighted by molar-refractivity contribution is 0.349. The smallest absolute Gasteiger partial charge is 0.00357 e. The predicted molar refractivity (Wildman–Crippen MR) is 51.8 cm³/mol. The third kappa shape index (κ3) is 7.86. The lowest BCUT2D eigenvalue weighted by Crippen LogP contribution is -2.21. The maximum absolute atomic E-state index is 3.25. The second-order valence-corrected chi connectivity index (χ2v) is 4.64. The summed E-state index contributed by atoms with van der Waals surface area (Å²) in [6.45, 7) is 9.15. The second-order valence-electron chi connectivity index (χ2n) is 4.64. The van der Waals surface area contributed by atoms with E-state index < -0.39 is 0 Å². The summed E-state index contributed by atoms with van der Waals surface area (Å²) in [5.41, 5.74) is 0.507. The normalized spacial score (nSPS) is 15.0. The van der Waals surface area contributed by atoms with E-state index in [2.05, 4.69) is 33.0 Å². The summed E-state index contributed by atoms with van der Waals surface area (Å²) < 4.78 is 0. The molecule has 0 spiro atoms. The van der Waals surface area contributed by atoms with Crippen molar-refractivity contribution in [2.45, 2.75) is 53.0 Å². The van der Waals surface area contributed by atoms with Crippen LogP contribution in [-0.4, -0.2) is 13.1 Å². The van der Waals surface area contributed by atoms with E-state index in [9.17, 15) is 0 Å². The lowest BCUT2D eigenvalue weighted by atomic mass is 9.89. The van der Waals surface area contributed by atoms with Gasteiger partial charge in [0, 0.05) is 6.04 Å². The van der Waals surface area contributed by atoms with Gasteiger partial charge in [0.05, 0.1) is 0 Å². The highest BCUT2D eigenvalue weighted by Crippen LogP contribution is 2.21. The molecule has 1 unspecified atom stereocenters. The molecule has 11 heavy (non-hydrogen) atoms. The van der Waals surface area contributed by atoms with Crippen LogP contribution in [0.2, 0.25) is 0 Å². The molecule has 0 fully saturated rings. The van der Waals surface area contributed by atoms with Crippen LogP contribution >= 0.6 is 0 Å². The SMILES string of the molecule is CNC(C)CCCC(C)(C)C. The zero-order chi connectivity index (χ0) is 8.91. The lowest BCUT2D eigenvalue weighted by Gasteiger charge is -2.19. The summed E-state index contributed by atoms with van der Waals surface area (Å²) in [5, 5.41) is 3.25. The van der Waals surface area contributed by atoms with Crippen molar-refractivity contribution in [1.82, 2.24) is 5.32 Å². The molecule has 1 atom stereocenters. The van der Waals surface area contributed by atoms with Crippen LogP contribution < -0.4 is 5.32 Å². The Bertz CT molecular complexity index is 91.5. The molecule has 1 nitrogen and oxygen atoms in total. The van der Waals surface area contributed by atoms with Crippen LogP contribution in [0.3, 0.4) is 0 Å². The first kappa shape index (κ1) is 11.0. The first-order valence-corrected chi connectivity index (χ1v) is 4.63. The van der Waals surface area contributed by atoms with E-state index >= 15 is 0 Å². The summed E-state index contributed by atoms with van der Waals surface area (Å²) in [5.74, 6) is 0. The molecule has 0 aliphatic carbocycles. The summed E-state index contributed by atoms with van der Waals surface area (Å²) in [6.07, 6.45) is 3.97. The van der Waals surface area contributed by atoms with E-state index in [1.807, 2.05) is 7.05 Å². The number of nitrogens with one attached hydrogen (secondary N) is 1. The van der Waals surface area contributed by atoms with Crippen molar-refractivity contribution in [3.8, 4) is 0 Å². The van der Waals surface area contributed by atoms with Crippen molar-refractivity contribution in [2.24, 2.45) is 5.41 Å². The van der Waals surface area contributed by atoms with Gasteiger partial charge in [-0.3, -0.25) is 0 Å². The van der Waals surface area contributed by atoms with Crippen LogP contribution in [0.15, 0.2) is 0 Å². The fraction of sp³-hybridized carbons (Fsp3) is 1.00. The minimum Gasteiger partial charge on any atom is -0.317 e. The standard InChI is InChI=1S/C10H23N/c1-9(11-5)7-6-8-10(2,3)4/h9,11H,6-8H2,1-5H3. The highest BCUT2D eigenvalue weighted by atomic mass is 14.8. The molecule has 0 amide bonds. The van der Waals surface area contributed by atoms with E-state index in [0.717, 1.165) is 0 Å². The first-order chi connectivity index (χ1) is 4.95. The quantitative estimate of drug-likeness (QED) is 0.661. The Hall–Kier alpha value is -0.0400. The van der Waals surface area contributed by atoms with Crippen molar-refractivity contribution in [2.75, 3.05) is 7.05 Å². The van der Waals surface area contributed by atoms with E-state index in [0.29, 0.717) is 11.5 Å². The van der Waals surface area contributed by atoms with E-state index in [1.54, 1.807) is 0 Å². The van der Waals surface area contributed by atoms with Crippen molar-refractivity contribution in [1.29, 1.82) is 0 Å². The minimum atomic E-state index is 0.507. The molecule has 0 heterocycles. The van der Waals surface area contributed by atoms with Gasteiger partial charge in [0.2, 0.25) is 0 Å². The molecular weight excluding hydrogens is 134 g/mol. The molecule has 0 aliphatic rings. The Morgan fingerprint density at radius 2 is 1.82 bits per heavy atom. The van der Waals surface area contributed by atoms with Crippen molar-refractivity contribution >= 4 is 0 Å². The van der Waals surface area contributed by atoms with Crippen LogP contribution in [0.4, 0.5) is 0 Å². The monoisotopic (exact) mass is 157 g/mol. The van der Waals surface area contributed by atoms with Gasteiger partial charge in [0.15, 0.2) is 0 Å². The van der Waals surface area contributed by atoms with Gasteiger partial charge >= 0.3 is 0 Å². The molecule has 0 rings (SSSR count). The molecule has 1 N–H and O–H groups in total. The average Bonchev–Trinajstić information content (AvgIpc) is 1.85. The Morgan fingerprint density at radius 3 is 2.18 bits per heavy atom. The molecule has 0 aromatic rings. The topological polar surface area (TPSA) is 12.0 Å². The van der Waals surface area contributed by atoms with Crippen molar-refractivity contribution in [3.63, 3.8) is 0 Å². The largest absolute Gasteiger partial charge is 0.317 e. The average molecular weight is 157 g/mol. The van der Waals surface area contributed by atoms with Crippen LogP contribution in [0, 0.1) is 5.41 Å². The molecule has 0 radical (unpaired) electrons. The molecule has 0 aromatic heterocycles. The van der Waals surface area contributed by atoms with Crippen LogP contribution in [0.5, 0.6) is 0 Å². The molecule has 68 valence electrons. The maximum atomic E-state index is 3.25. The maximum Gasteiger partial charge on any atom is 0.00357 e. The molecular formula is C10H23N. The van der Waals surface area contributed by atoms with Gasteiger partial charge < -0.3 is 5.32 Å². The Balaban J connectivity index is 3.28. The van der Waals surface area contributed by atoms with Gasteiger partial charge in [0.25, 0.3) is 0 Å². The van der Waals surface area contributed by atoms with Crippen molar-refractivity contribution < 1.29 is 0 Å². The van der Waals surface area contributed by atoms with Gasteiger partial charge in [-0.15, -0.1) is 0 Å². The van der Waals surface area contributed by atoms with E-state index in [-0.39, 0.29) is 0 Å². The van der Waals surface area contributed by atoms with E-state index in [1.165, 1.54) is 19.3 Å². The molecule has 0 saturated carbocycles. The third-order valence-corrected chi connectivity index (χ3v) is 2.06. The van der Waals surface area contributed by atoms with Gasteiger partial charge in [-0.2, -0.15) is 0 Å². The highest BCUT2D eigenvalue weighted by Gasteiger charge is 2.09. The van der Waals surface area contributed by atoms with Crippen molar-refractivity contribution in [3.05, 3.63) is 0 Å². The first-order valence-electron chi connectivity index (χ1n) is 4.63. The van der Waals surface area contributed by atoms with Gasteiger partial charge in [0.1, 0.15) is 0 Å².